The van der Waals surface area contributed by atoms with E-state index in [4.69, 9.17) is 11.6 Å². The third-order valence-corrected chi connectivity index (χ3v) is 3.72. The summed E-state index contributed by atoms with van der Waals surface area (Å²) in [5, 5.41) is 2.71. The van der Waals surface area contributed by atoms with Crippen LogP contribution in [0.2, 0.25) is 0 Å². The number of halogens is 1. The fraction of sp³-hybridized carbons (Fsp3) is 0.667. The predicted molar refractivity (Wildman–Crippen MR) is 67.6 cm³/mol. The molecule has 0 radical (unpaired) electrons. The lowest BCUT2D eigenvalue weighted by Gasteiger charge is -2.45. The zero-order valence-electron chi connectivity index (χ0n) is 10.7. The van der Waals surface area contributed by atoms with Crippen molar-refractivity contribution < 1.29 is 9.59 Å². The Balaban J connectivity index is 3.07. The molecule has 0 aromatic carbocycles. The smallest absolute Gasteiger partial charge is 0.246 e. The first-order valence-electron chi connectivity index (χ1n) is 5.75. The van der Waals surface area contributed by atoms with Crippen molar-refractivity contribution in [2.75, 3.05) is 6.54 Å². The first-order valence-corrected chi connectivity index (χ1v) is 6.18. The van der Waals surface area contributed by atoms with Crippen LogP contribution in [0, 0.1) is 0 Å². The maximum absolute atomic E-state index is 12.1. The molecule has 0 aromatic rings. The largest absolute Gasteiger partial charge is 0.343 e. The topological polar surface area (TPSA) is 49.4 Å². The molecule has 4 nitrogen and oxygen atoms in total. The van der Waals surface area contributed by atoms with E-state index >= 15 is 0 Å². The molecule has 96 valence electrons. The maximum Gasteiger partial charge on any atom is 0.246 e. The molecule has 1 saturated heterocycles. The van der Waals surface area contributed by atoms with Gasteiger partial charge in [-0.25, -0.2) is 0 Å². The van der Waals surface area contributed by atoms with Crippen molar-refractivity contribution in [3.05, 3.63) is 11.1 Å². The number of hydrogen-bond acceptors (Lipinski definition) is 2. The van der Waals surface area contributed by atoms with Crippen LogP contribution in [0.4, 0.5) is 0 Å². The number of carbonyl (C=O) groups is 2. The van der Waals surface area contributed by atoms with Gasteiger partial charge in [0.1, 0.15) is 11.6 Å². The van der Waals surface area contributed by atoms with E-state index in [0.29, 0.717) is 13.0 Å². The van der Waals surface area contributed by atoms with Crippen LogP contribution >= 0.6 is 11.6 Å². The van der Waals surface area contributed by atoms with Gasteiger partial charge in [-0.3, -0.25) is 9.59 Å². The van der Waals surface area contributed by atoms with Crippen molar-refractivity contribution >= 4 is 23.4 Å². The number of nitrogens with one attached hydrogen (secondary N) is 1. The highest BCUT2D eigenvalue weighted by molar-refractivity contribution is 6.25. The van der Waals surface area contributed by atoms with Gasteiger partial charge in [-0.15, -0.1) is 0 Å². The Morgan fingerprint density at radius 1 is 1.59 bits per heavy atom. The molecule has 2 unspecified atom stereocenters. The zero-order valence-corrected chi connectivity index (χ0v) is 11.5. The van der Waals surface area contributed by atoms with Gasteiger partial charge in [-0.05, 0) is 32.8 Å². The van der Waals surface area contributed by atoms with Gasteiger partial charge in [0.15, 0.2) is 0 Å². The maximum atomic E-state index is 12.1. The summed E-state index contributed by atoms with van der Waals surface area (Å²) in [6.45, 7) is 7.61. The van der Waals surface area contributed by atoms with Crippen molar-refractivity contribution in [3.8, 4) is 0 Å². The van der Waals surface area contributed by atoms with Crippen molar-refractivity contribution in [2.24, 2.45) is 0 Å². The molecule has 2 amide bonds. The van der Waals surface area contributed by atoms with Crippen molar-refractivity contribution in [3.63, 3.8) is 0 Å². The highest BCUT2D eigenvalue weighted by atomic mass is 35.5. The average molecular weight is 259 g/mol. The summed E-state index contributed by atoms with van der Waals surface area (Å²) in [5.74, 6) is -0.165. The van der Waals surface area contributed by atoms with Crippen molar-refractivity contribution in [1.82, 2.24) is 10.2 Å². The molecule has 1 aliphatic rings. The standard InChI is InChI=1S/C12H19ClN2O2/c1-5-12(4)11(17)14-9(3)10(16)15(12)7-8(2)6-13/h6,9H,5,7H2,1-4H3,(H,14,17). The molecule has 1 N–H and O–H groups in total. The van der Waals surface area contributed by atoms with Gasteiger partial charge in [0.2, 0.25) is 11.8 Å². The summed E-state index contributed by atoms with van der Waals surface area (Å²) in [7, 11) is 0. The minimum absolute atomic E-state index is 0.0631. The van der Waals surface area contributed by atoms with E-state index in [1.165, 1.54) is 5.54 Å². The van der Waals surface area contributed by atoms with Crippen LogP contribution in [0.5, 0.6) is 0 Å². The van der Waals surface area contributed by atoms with Crippen molar-refractivity contribution in [1.29, 1.82) is 0 Å². The Morgan fingerprint density at radius 2 is 2.18 bits per heavy atom. The molecule has 0 aromatic heterocycles. The summed E-state index contributed by atoms with van der Waals surface area (Å²) in [4.78, 5) is 25.8. The molecule has 0 spiro atoms. The van der Waals surface area contributed by atoms with Crippen LogP contribution < -0.4 is 5.32 Å². The number of carbonyl (C=O) groups excluding carboxylic acids is 2. The lowest BCUT2D eigenvalue weighted by Crippen LogP contribution is -2.68. The Morgan fingerprint density at radius 3 is 2.65 bits per heavy atom. The fourth-order valence-electron chi connectivity index (χ4n) is 1.90. The Kier molecular flexibility index (Phi) is 4.20. The first kappa shape index (κ1) is 14.0. The number of rotatable bonds is 3. The minimum atomic E-state index is -0.787. The van der Waals surface area contributed by atoms with Gasteiger partial charge < -0.3 is 10.2 Å². The minimum Gasteiger partial charge on any atom is -0.343 e. The third kappa shape index (κ3) is 2.46. The van der Waals surface area contributed by atoms with Gasteiger partial charge in [-0.2, -0.15) is 0 Å². The Hall–Kier alpha value is -1.03. The Bertz CT molecular complexity index is 368. The summed E-state index contributed by atoms with van der Waals surface area (Å²) in [6, 6.07) is -0.467. The molecule has 1 rings (SSSR count). The van der Waals surface area contributed by atoms with Crippen LogP contribution in [-0.4, -0.2) is 34.8 Å². The van der Waals surface area contributed by atoms with Crippen LogP contribution in [-0.2, 0) is 9.59 Å². The summed E-state index contributed by atoms with van der Waals surface area (Å²) in [5.41, 5.74) is 1.52. The van der Waals surface area contributed by atoms with E-state index in [1.807, 2.05) is 13.8 Å². The van der Waals surface area contributed by atoms with E-state index in [9.17, 15) is 9.59 Å². The second-order valence-electron chi connectivity index (χ2n) is 4.70. The van der Waals surface area contributed by atoms with E-state index in [1.54, 1.807) is 18.7 Å². The molecule has 17 heavy (non-hydrogen) atoms. The highest BCUT2D eigenvalue weighted by Crippen LogP contribution is 2.25. The molecule has 1 aliphatic heterocycles. The zero-order chi connectivity index (χ0) is 13.2. The average Bonchev–Trinajstić information content (AvgIpc) is 2.31. The van der Waals surface area contributed by atoms with Gasteiger partial charge in [-0.1, -0.05) is 18.5 Å². The van der Waals surface area contributed by atoms with Crippen LogP contribution in [0.25, 0.3) is 0 Å². The van der Waals surface area contributed by atoms with Gasteiger partial charge >= 0.3 is 0 Å². The molecular weight excluding hydrogens is 240 g/mol. The van der Waals surface area contributed by atoms with Crippen LogP contribution in [0.3, 0.4) is 0 Å². The summed E-state index contributed by atoms with van der Waals surface area (Å²) >= 11 is 5.63. The van der Waals surface area contributed by atoms with Gasteiger partial charge in [0.25, 0.3) is 0 Å². The van der Waals surface area contributed by atoms with E-state index in [0.717, 1.165) is 5.57 Å². The van der Waals surface area contributed by atoms with E-state index in [-0.39, 0.29) is 11.8 Å². The monoisotopic (exact) mass is 258 g/mol. The lowest BCUT2D eigenvalue weighted by molar-refractivity contribution is -0.155. The highest BCUT2D eigenvalue weighted by Gasteiger charge is 2.46. The fourth-order valence-corrected chi connectivity index (χ4v) is 1.97. The quantitative estimate of drug-likeness (QED) is 0.837. The first-order chi connectivity index (χ1) is 7.86. The lowest BCUT2D eigenvalue weighted by atomic mass is 9.90. The number of hydrogen-bond donors (Lipinski definition) is 1. The molecule has 0 aliphatic carbocycles. The number of nitrogens with zero attached hydrogens (tertiary/aromatic N) is 1. The normalized spacial score (nSPS) is 30.5. The molecule has 5 heteroatoms. The SMILES string of the molecule is CCC1(C)C(=O)NC(C)C(=O)N1CC(C)=CCl. The molecule has 2 atom stereocenters. The molecular formula is C12H19ClN2O2. The second kappa shape index (κ2) is 5.08. The second-order valence-corrected chi connectivity index (χ2v) is 4.92. The molecule has 1 fully saturated rings. The predicted octanol–water partition coefficient (Wildman–Crippen LogP) is 1.64. The molecule has 0 bridgehead atoms. The van der Waals surface area contributed by atoms with Crippen molar-refractivity contribution in [2.45, 2.75) is 45.7 Å². The van der Waals surface area contributed by atoms with Gasteiger partial charge in [0.05, 0.1) is 0 Å². The van der Waals surface area contributed by atoms with Crippen LogP contribution in [0.1, 0.15) is 34.1 Å². The Labute approximate surface area is 107 Å². The molecule has 0 saturated carbocycles. The molecule has 1 heterocycles. The van der Waals surface area contributed by atoms with Gasteiger partial charge in [0, 0.05) is 12.1 Å². The van der Waals surface area contributed by atoms with E-state index < -0.39 is 11.6 Å². The third-order valence-electron chi connectivity index (χ3n) is 3.35. The summed E-state index contributed by atoms with van der Waals surface area (Å²) in [6.07, 6.45) is 0.576. The van der Waals surface area contributed by atoms with E-state index in [2.05, 4.69) is 5.32 Å². The number of amides is 2. The van der Waals surface area contributed by atoms with Crippen LogP contribution in [0.15, 0.2) is 11.1 Å². The number of piperazine rings is 1. The summed E-state index contributed by atoms with van der Waals surface area (Å²) < 4.78 is 0.